The van der Waals surface area contributed by atoms with E-state index in [0.717, 1.165) is 30.1 Å². The van der Waals surface area contributed by atoms with Crippen LogP contribution in [0.1, 0.15) is 26.2 Å². The first kappa shape index (κ1) is 18.6. The van der Waals surface area contributed by atoms with Gasteiger partial charge in [-0.3, -0.25) is 14.5 Å². The third-order valence-electron chi connectivity index (χ3n) is 5.41. The second-order valence-corrected chi connectivity index (χ2v) is 8.97. The fourth-order valence-corrected chi connectivity index (χ4v) is 5.54. The van der Waals surface area contributed by atoms with E-state index in [1.54, 1.807) is 4.90 Å². The first-order valence-corrected chi connectivity index (χ1v) is 10.8. The summed E-state index contributed by atoms with van der Waals surface area (Å²) in [5.41, 5.74) is 0. The Balaban J connectivity index is 1.78. The van der Waals surface area contributed by atoms with Crippen LogP contribution in [-0.4, -0.2) is 92.1 Å². The monoisotopic (exact) mass is 373 g/mol. The summed E-state index contributed by atoms with van der Waals surface area (Å²) >= 11 is 0. The van der Waals surface area contributed by atoms with Crippen molar-refractivity contribution >= 4 is 21.8 Å². The Morgan fingerprint density at radius 3 is 2.52 bits per heavy atom. The lowest BCUT2D eigenvalue weighted by molar-refractivity contribution is -0.135. The average molecular weight is 373 g/mol. The Labute approximate surface area is 149 Å². The maximum absolute atomic E-state index is 12.8. The molecule has 0 bridgehead atoms. The van der Waals surface area contributed by atoms with Crippen molar-refractivity contribution in [3.63, 3.8) is 0 Å². The molecule has 0 aromatic carbocycles. The van der Waals surface area contributed by atoms with Crippen molar-refractivity contribution in [1.29, 1.82) is 0 Å². The van der Waals surface area contributed by atoms with E-state index in [9.17, 15) is 18.0 Å². The molecule has 0 unspecified atom stereocenters. The lowest BCUT2D eigenvalue weighted by Gasteiger charge is -2.31. The molecule has 0 aromatic rings. The van der Waals surface area contributed by atoms with Gasteiger partial charge in [0.25, 0.3) is 0 Å². The summed E-state index contributed by atoms with van der Waals surface area (Å²) in [5, 5.41) is 0. The largest absolute Gasteiger partial charge is 0.379 e. The third-order valence-corrected chi connectivity index (χ3v) is 6.57. The highest BCUT2D eigenvalue weighted by atomic mass is 32.2. The summed E-state index contributed by atoms with van der Waals surface area (Å²) in [5.74, 6) is -0.775. The van der Waals surface area contributed by atoms with Crippen LogP contribution in [0.15, 0.2) is 0 Å². The molecule has 0 aliphatic carbocycles. The molecule has 3 heterocycles. The molecule has 3 saturated heterocycles. The molecule has 3 aliphatic rings. The summed E-state index contributed by atoms with van der Waals surface area (Å²) in [4.78, 5) is 29.3. The van der Waals surface area contributed by atoms with Crippen molar-refractivity contribution in [2.24, 2.45) is 5.92 Å². The minimum Gasteiger partial charge on any atom is -0.379 e. The molecule has 0 N–H and O–H groups in total. The Bertz CT molecular complexity index is 632. The Hall–Kier alpha value is -1.19. The lowest BCUT2D eigenvalue weighted by atomic mass is 9.94. The molecule has 2 amide bonds. The molecular formula is C16H27N3O5S. The molecule has 9 heteroatoms. The van der Waals surface area contributed by atoms with Crippen LogP contribution >= 0.6 is 0 Å². The van der Waals surface area contributed by atoms with Gasteiger partial charge in [0.05, 0.1) is 44.0 Å². The van der Waals surface area contributed by atoms with Crippen LogP contribution in [0.25, 0.3) is 0 Å². The molecule has 3 fully saturated rings. The zero-order valence-electron chi connectivity index (χ0n) is 14.9. The molecule has 3 aliphatic heterocycles. The van der Waals surface area contributed by atoms with Gasteiger partial charge in [0.1, 0.15) is 0 Å². The molecule has 0 spiro atoms. The van der Waals surface area contributed by atoms with Gasteiger partial charge in [0, 0.05) is 19.6 Å². The summed E-state index contributed by atoms with van der Waals surface area (Å²) in [7, 11) is -3.61. The van der Waals surface area contributed by atoms with Gasteiger partial charge < -0.3 is 9.64 Å². The smallest absolute Gasteiger partial charge is 0.241 e. The fraction of sp³-hybridized carbons (Fsp3) is 0.875. The van der Waals surface area contributed by atoms with Crippen LogP contribution in [-0.2, 0) is 24.3 Å². The van der Waals surface area contributed by atoms with E-state index >= 15 is 0 Å². The second kappa shape index (κ2) is 7.20. The zero-order valence-corrected chi connectivity index (χ0v) is 15.7. The molecule has 3 atom stereocenters. The number of carbonyl (C=O) groups excluding carboxylic acids is 2. The molecule has 8 nitrogen and oxygen atoms in total. The van der Waals surface area contributed by atoms with Crippen LogP contribution in [0.4, 0.5) is 0 Å². The van der Waals surface area contributed by atoms with Crippen LogP contribution in [0.3, 0.4) is 0 Å². The fourth-order valence-electron chi connectivity index (χ4n) is 4.36. The number of fused-ring (bicyclic) bond motifs is 1. The van der Waals surface area contributed by atoms with Crippen LogP contribution in [0.2, 0.25) is 0 Å². The SMILES string of the molecule is CCC[C@H]1C(=O)N(S(C)(=O)=O)[C@H]2CCN(C(=O)CN3CCOCC3)[C@H]12. The number of amides is 2. The highest BCUT2D eigenvalue weighted by Crippen LogP contribution is 2.40. The van der Waals surface area contributed by atoms with Gasteiger partial charge in [-0.1, -0.05) is 13.3 Å². The van der Waals surface area contributed by atoms with Crippen molar-refractivity contribution in [1.82, 2.24) is 14.1 Å². The number of nitrogens with zero attached hydrogens (tertiary/aromatic N) is 3. The maximum atomic E-state index is 12.8. The summed E-state index contributed by atoms with van der Waals surface area (Å²) in [6.45, 7) is 5.48. The predicted octanol–water partition coefficient (Wildman–Crippen LogP) is -0.494. The molecular weight excluding hydrogens is 346 g/mol. The number of rotatable bonds is 5. The summed E-state index contributed by atoms with van der Waals surface area (Å²) in [6, 6.07) is -0.733. The molecule has 3 rings (SSSR count). The van der Waals surface area contributed by atoms with E-state index in [1.807, 2.05) is 6.92 Å². The van der Waals surface area contributed by atoms with Crippen molar-refractivity contribution in [3.8, 4) is 0 Å². The lowest BCUT2D eigenvalue weighted by Crippen LogP contribution is -2.49. The minimum atomic E-state index is -3.61. The number of sulfonamides is 1. The normalized spacial score (nSPS) is 30.8. The van der Waals surface area contributed by atoms with Crippen LogP contribution in [0, 0.1) is 5.92 Å². The van der Waals surface area contributed by atoms with Gasteiger partial charge in [-0.25, -0.2) is 12.7 Å². The van der Waals surface area contributed by atoms with Crippen LogP contribution < -0.4 is 0 Å². The third kappa shape index (κ3) is 3.54. The standard InChI is InChI=1S/C16H27N3O5S/c1-3-4-12-15-13(19(16(12)21)25(2,22)23)5-6-18(15)14(20)11-17-7-9-24-10-8-17/h12-13,15H,3-11H2,1-2H3/t12-,13+,15-/m1/s1. The van der Waals surface area contributed by atoms with E-state index in [-0.39, 0.29) is 17.9 Å². The van der Waals surface area contributed by atoms with E-state index < -0.39 is 22.0 Å². The highest BCUT2D eigenvalue weighted by Gasteiger charge is 2.57. The number of ether oxygens (including phenoxy) is 1. The molecule has 0 radical (unpaired) electrons. The van der Waals surface area contributed by atoms with Crippen molar-refractivity contribution in [2.45, 2.75) is 38.3 Å². The number of carbonyl (C=O) groups is 2. The van der Waals surface area contributed by atoms with Gasteiger partial charge in [0.15, 0.2) is 0 Å². The van der Waals surface area contributed by atoms with Gasteiger partial charge >= 0.3 is 0 Å². The van der Waals surface area contributed by atoms with E-state index in [0.29, 0.717) is 39.1 Å². The zero-order chi connectivity index (χ0) is 18.2. The highest BCUT2D eigenvalue weighted by molar-refractivity contribution is 7.88. The maximum Gasteiger partial charge on any atom is 0.241 e. The predicted molar refractivity (Wildman–Crippen MR) is 91.3 cm³/mol. The first-order valence-electron chi connectivity index (χ1n) is 8.97. The van der Waals surface area contributed by atoms with E-state index in [2.05, 4.69) is 4.90 Å². The Kier molecular flexibility index (Phi) is 5.36. The van der Waals surface area contributed by atoms with Crippen molar-refractivity contribution in [3.05, 3.63) is 0 Å². The van der Waals surface area contributed by atoms with Crippen molar-refractivity contribution in [2.75, 3.05) is 45.6 Å². The number of likely N-dealkylation sites (tertiary alicyclic amines) is 1. The van der Waals surface area contributed by atoms with Crippen LogP contribution in [0.5, 0.6) is 0 Å². The number of hydrogen-bond acceptors (Lipinski definition) is 6. The average Bonchev–Trinajstić information content (AvgIpc) is 3.07. The molecule has 142 valence electrons. The van der Waals surface area contributed by atoms with Gasteiger partial charge in [-0.05, 0) is 12.8 Å². The quantitative estimate of drug-likeness (QED) is 0.646. The second-order valence-electron chi connectivity index (χ2n) is 7.11. The van der Waals surface area contributed by atoms with Gasteiger partial charge in [0.2, 0.25) is 21.8 Å². The molecule has 25 heavy (non-hydrogen) atoms. The topological polar surface area (TPSA) is 87.2 Å². The summed E-state index contributed by atoms with van der Waals surface area (Å²) < 4.78 is 30.6. The Morgan fingerprint density at radius 2 is 1.92 bits per heavy atom. The molecule has 0 aromatic heterocycles. The molecule has 0 saturated carbocycles. The van der Waals surface area contributed by atoms with Gasteiger partial charge in [-0.2, -0.15) is 0 Å². The summed E-state index contributed by atoms with van der Waals surface area (Å²) in [6.07, 6.45) is 2.99. The van der Waals surface area contributed by atoms with Crippen molar-refractivity contribution < 1.29 is 22.7 Å². The first-order chi connectivity index (χ1) is 11.8. The van der Waals surface area contributed by atoms with Gasteiger partial charge in [-0.15, -0.1) is 0 Å². The van der Waals surface area contributed by atoms with E-state index in [1.165, 1.54) is 0 Å². The number of morpholine rings is 1. The Morgan fingerprint density at radius 1 is 1.24 bits per heavy atom. The van der Waals surface area contributed by atoms with E-state index in [4.69, 9.17) is 4.74 Å². The number of hydrogen-bond donors (Lipinski definition) is 0. The minimum absolute atomic E-state index is 0.0151.